The number of ether oxygens (including phenoxy) is 1. The number of para-hydroxylation sites is 1. The summed E-state index contributed by atoms with van der Waals surface area (Å²) in [6, 6.07) is 6.22. The van der Waals surface area contributed by atoms with Gasteiger partial charge in [0.15, 0.2) is 0 Å². The van der Waals surface area contributed by atoms with Gasteiger partial charge in [-0.15, -0.1) is 0 Å². The maximum absolute atomic E-state index is 10.9. The van der Waals surface area contributed by atoms with E-state index in [2.05, 4.69) is 20.9 Å². The van der Waals surface area contributed by atoms with Gasteiger partial charge in [0.1, 0.15) is 6.61 Å². The summed E-state index contributed by atoms with van der Waals surface area (Å²) in [7, 11) is 0. The minimum atomic E-state index is -0.527. The molecule has 0 atom stereocenters. The number of rotatable bonds is 4. The quantitative estimate of drug-likeness (QED) is 0.622. The molecule has 7 heteroatoms. The zero-order valence-electron chi connectivity index (χ0n) is 9.55. The highest BCUT2D eigenvalue weighted by Gasteiger charge is 2.18. The van der Waals surface area contributed by atoms with Gasteiger partial charge in [-0.2, -0.15) is 0 Å². The molecule has 0 fully saturated rings. The number of benzene rings is 1. The van der Waals surface area contributed by atoms with Crippen molar-refractivity contribution in [3.05, 3.63) is 61.8 Å². The molecule has 0 aliphatic rings. The lowest BCUT2D eigenvalue weighted by Gasteiger charge is -2.08. The first-order chi connectivity index (χ1) is 9.08. The second-order valence-corrected chi connectivity index (χ2v) is 4.97. The molecule has 0 amide bonds. The van der Waals surface area contributed by atoms with E-state index in [4.69, 9.17) is 16.3 Å². The predicted molar refractivity (Wildman–Crippen MR) is 74.4 cm³/mol. The van der Waals surface area contributed by atoms with E-state index in [0.717, 1.165) is 10.0 Å². The number of nitro benzene ring substituents is 1. The number of nitrogens with zero attached hydrogens (tertiary/aromatic N) is 2. The average Bonchev–Trinajstić information content (AvgIpc) is 2.37. The zero-order chi connectivity index (χ0) is 13.8. The molecule has 98 valence electrons. The fourth-order valence-corrected chi connectivity index (χ4v) is 2.11. The van der Waals surface area contributed by atoms with Crippen LogP contribution in [0.1, 0.15) is 5.56 Å². The molecule has 0 aliphatic heterocycles. The molecular formula is C12H8BrClN2O3. The second kappa shape index (κ2) is 5.99. The molecule has 0 saturated carbocycles. The number of pyridine rings is 1. The van der Waals surface area contributed by atoms with Crippen LogP contribution < -0.4 is 4.74 Å². The van der Waals surface area contributed by atoms with Crippen molar-refractivity contribution >= 4 is 33.2 Å². The Morgan fingerprint density at radius 2 is 2.21 bits per heavy atom. The van der Waals surface area contributed by atoms with Crippen molar-refractivity contribution in [3.8, 4) is 5.75 Å². The van der Waals surface area contributed by atoms with Crippen molar-refractivity contribution in [1.82, 2.24) is 4.98 Å². The Kier molecular flexibility index (Phi) is 4.34. The molecule has 0 unspecified atom stereocenters. The standard InChI is InChI=1S/C12H8BrClN2O3/c13-9-4-8(5-15-6-9)7-19-12-10(14)2-1-3-11(12)16(17)18/h1-6H,7H2. The van der Waals surface area contributed by atoms with Crippen LogP contribution in [0.4, 0.5) is 5.69 Å². The van der Waals surface area contributed by atoms with Gasteiger partial charge < -0.3 is 4.74 Å². The molecule has 0 spiro atoms. The summed E-state index contributed by atoms with van der Waals surface area (Å²) >= 11 is 9.20. The molecule has 0 radical (unpaired) electrons. The number of hydrogen-bond acceptors (Lipinski definition) is 4. The van der Waals surface area contributed by atoms with Gasteiger partial charge in [-0.1, -0.05) is 17.7 Å². The molecule has 0 aliphatic carbocycles. The zero-order valence-corrected chi connectivity index (χ0v) is 11.9. The summed E-state index contributed by atoms with van der Waals surface area (Å²) < 4.78 is 6.24. The molecule has 5 nitrogen and oxygen atoms in total. The third-order valence-electron chi connectivity index (χ3n) is 2.29. The SMILES string of the molecule is O=[N+]([O-])c1cccc(Cl)c1OCc1cncc(Br)c1. The summed E-state index contributed by atoms with van der Waals surface area (Å²) in [6.07, 6.45) is 3.26. The first-order valence-corrected chi connectivity index (χ1v) is 6.40. The third kappa shape index (κ3) is 3.42. The average molecular weight is 344 g/mol. The first kappa shape index (κ1) is 13.8. The lowest BCUT2D eigenvalue weighted by Crippen LogP contribution is -2.00. The molecule has 1 aromatic carbocycles. The lowest BCUT2D eigenvalue weighted by atomic mass is 10.3. The molecule has 0 N–H and O–H groups in total. The van der Waals surface area contributed by atoms with E-state index in [1.54, 1.807) is 18.5 Å². The Morgan fingerprint density at radius 1 is 1.42 bits per heavy atom. The van der Waals surface area contributed by atoms with Crippen LogP contribution in [0.5, 0.6) is 5.75 Å². The Balaban J connectivity index is 2.22. The summed E-state index contributed by atoms with van der Waals surface area (Å²) in [4.78, 5) is 14.3. The van der Waals surface area contributed by atoms with Crippen molar-refractivity contribution < 1.29 is 9.66 Å². The van der Waals surface area contributed by atoms with Crippen molar-refractivity contribution in [2.75, 3.05) is 0 Å². The monoisotopic (exact) mass is 342 g/mol. The summed E-state index contributed by atoms with van der Waals surface area (Å²) in [6.45, 7) is 0.150. The molecular weight excluding hydrogens is 335 g/mol. The van der Waals surface area contributed by atoms with E-state index in [9.17, 15) is 10.1 Å². The van der Waals surface area contributed by atoms with Crippen LogP contribution in [0.15, 0.2) is 41.1 Å². The van der Waals surface area contributed by atoms with E-state index in [1.165, 1.54) is 12.1 Å². The maximum atomic E-state index is 10.9. The Morgan fingerprint density at radius 3 is 2.89 bits per heavy atom. The largest absolute Gasteiger partial charge is 0.481 e. The fraction of sp³-hybridized carbons (Fsp3) is 0.0833. The van der Waals surface area contributed by atoms with Gasteiger partial charge in [-0.25, -0.2) is 0 Å². The Hall–Kier alpha value is -1.66. The molecule has 2 rings (SSSR count). The van der Waals surface area contributed by atoms with Gasteiger partial charge >= 0.3 is 5.69 Å². The lowest BCUT2D eigenvalue weighted by molar-refractivity contribution is -0.385. The van der Waals surface area contributed by atoms with Gasteiger partial charge in [0.25, 0.3) is 0 Å². The Labute approximate surface area is 122 Å². The van der Waals surface area contributed by atoms with Crippen LogP contribution in [0, 0.1) is 10.1 Å². The van der Waals surface area contributed by atoms with E-state index >= 15 is 0 Å². The summed E-state index contributed by atoms with van der Waals surface area (Å²) in [5.74, 6) is 0.0640. The van der Waals surface area contributed by atoms with E-state index in [-0.39, 0.29) is 23.1 Å². The summed E-state index contributed by atoms with van der Waals surface area (Å²) in [5, 5.41) is 11.1. The van der Waals surface area contributed by atoms with Crippen molar-refractivity contribution in [2.45, 2.75) is 6.61 Å². The molecule has 2 aromatic rings. The van der Waals surface area contributed by atoms with Crippen molar-refractivity contribution in [3.63, 3.8) is 0 Å². The topological polar surface area (TPSA) is 65.3 Å². The smallest absolute Gasteiger partial charge is 0.312 e. The van der Waals surface area contributed by atoms with Crippen LogP contribution in [0.25, 0.3) is 0 Å². The van der Waals surface area contributed by atoms with Crippen LogP contribution in [-0.2, 0) is 6.61 Å². The van der Waals surface area contributed by atoms with Gasteiger partial charge in [0.05, 0.1) is 9.95 Å². The highest BCUT2D eigenvalue weighted by atomic mass is 79.9. The van der Waals surface area contributed by atoms with E-state index in [0.29, 0.717) is 0 Å². The number of hydrogen-bond donors (Lipinski definition) is 0. The van der Waals surface area contributed by atoms with Gasteiger partial charge in [0.2, 0.25) is 5.75 Å². The van der Waals surface area contributed by atoms with Gasteiger partial charge in [-0.3, -0.25) is 15.1 Å². The van der Waals surface area contributed by atoms with Gasteiger partial charge in [-0.05, 0) is 28.1 Å². The van der Waals surface area contributed by atoms with Crippen molar-refractivity contribution in [1.29, 1.82) is 0 Å². The molecule has 0 bridgehead atoms. The third-order valence-corrected chi connectivity index (χ3v) is 3.02. The maximum Gasteiger partial charge on any atom is 0.312 e. The predicted octanol–water partition coefficient (Wildman–Crippen LogP) is 3.98. The number of halogens is 2. The highest BCUT2D eigenvalue weighted by Crippen LogP contribution is 2.34. The normalized spacial score (nSPS) is 10.2. The Bertz CT molecular complexity index is 622. The minimum absolute atomic E-state index is 0.0640. The number of aromatic nitrogens is 1. The van der Waals surface area contributed by atoms with Crippen molar-refractivity contribution in [2.24, 2.45) is 0 Å². The van der Waals surface area contributed by atoms with Crippen LogP contribution in [0.2, 0.25) is 5.02 Å². The van der Waals surface area contributed by atoms with E-state index in [1.807, 2.05) is 6.07 Å². The second-order valence-electron chi connectivity index (χ2n) is 3.65. The molecule has 19 heavy (non-hydrogen) atoms. The molecule has 1 aromatic heterocycles. The van der Waals surface area contributed by atoms with Crippen LogP contribution >= 0.6 is 27.5 Å². The summed E-state index contributed by atoms with van der Waals surface area (Å²) in [5.41, 5.74) is 0.624. The highest BCUT2D eigenvalue weighted by molar-refractivity contribution is 9.10. The molecule has 0 saturated heterocycles. The van der Waals surface area contributed by atoms with E-state index < -0.39 is 4.92 Å². The van der Waals surface area contributed by atoms with Gasteiger partial charge in [0, 0.05) is 28.5 Å². The van der Waals surface area contributed by atoms with Crippen LogP contribution in [0.3, 0.4) is 0 Å². The van der Waals surface area contributed by atoms with Crippen LogP contribution in [-0.4, -0.2) is 9.91 Å². The number of nitro groups is 1. The first-order valence-electron chi connectivity index (χ1n) is 5.23. The molecule has 1 heterocycles. The fourth-order valence-electron chi connectivity index (χ4n) is 1.47. The minimum Gasteiger partial charge on any atom is -0.481 e.